The maximum absolute atomic E-state index is 13.7. The molecule has 0 aliphatic heterocycles. The van der Waals surface area contributed by atoms with Crippen LogP contribution >= 0.6 is 22.9 Å². The number of alkyl halides is 3. The van der Waals surface area contributed by atoms with Crippen LogP contribution in [0.5, 0.6) is 0 Å². The molecule has 8 nitrogen and oxygen atoms in total. The molecular formula is C26H14ClF3N4O4S. The van der Waals surface area contributed by atoms with Gasteiger partial charge in [-0.1, -0.05) is 29.8 Å². The second-order valence-electron chi connectivity index (χ2n) is 8.72. The van der Waals surface area contributed by atoms with Gasteiger partial charge in [-0.15, -0.1) is 11.3 Å². The molecular weight excluding hydrogens is 557 g/mol. The zero-order valence-corrected chi connectivity index (χ0v) is 21.0. The second kappa shape index (κ2) is 8.82. The number of aromatic amines is 1. The van der Waals surface area contributed by atoms with Crippen molar-refractivity contribution in [3.05, 3.63) is 102 Å². The number of thiophene rings is 1. The highest BCUT2D eigenvalue weighted by molar-refractivity contribution is 7.09. The monoisotopic (exact) mass is 570 g/mol. The van der Waals surface area contributed by atoms with Crippen LogP contribution in [0.3, 0.4) is 0 Å². The van der Waals surface area contributed by atoms with Crippen molar-refractivity contribution in [3.8, 4) is 5.69 Å². The Bertz CT molecular complexity index is 2090. The molecule has 0 unspecified atom stereocenters. The van der Waals surface area contributed by atoms with Gasteiger partial charge in [-0.2, -0.15) is 13.2 Å². The highest BCUT2D eigenvalue weighted by atomic mass is 35.5. The standard InChI is InChI=1S/C26H14ClF3N4O4S/c27-22-13(7-12-3-1-2-4-17(12)31-22)9-33-19-6-5-14(26(28,29)30)8-15(19)20(21(33)24(36)37)34-23(35)16-10-39-11-18(16)32-25(34)38/h1-8,10-11H,9H2,(H,32,38)(H,36,37). The molecule has 0 saturated heterocycles. The fourth-order valence-corrected chi connectivity index (χ4v) is 5.64. The van der Waals surface area contributed by atoms with Crippen molar-refractivity contribution in [1.29, 1.82) is 0 Å². The highest BCUT2D eigenvalue weighted by Gasteiger charge is 2.33. The van der Waals surface area contributed by atoms with E-state index < -0.39 is 40.3 Å². The van der Waals surface area contributed by atoms with E-state index >= 15 is 0 Å². The van der Waals surface area contributed by atoms with Crippen LogP contribution in [0.15, 0.2) is 68.9 Å². The molecule has 0 spiro atoms. The van der Waals surface area contributed by atoms with E-state index in [1.54, 1.807) is 30.3 Å². The zero-order chi connectivity index (χ0) is 27.6. The number of carboxylic acids is 1. The molecule has 0 aliphatic rings. The van der Waals surface area contributed by atoms with Gasteiger partial charge in [0.05, 0.1) is 39.7 Å². The molecule has 0 fully saturated rings. The number of aromatic carboxylic acids is 1. The summed E-state index contributed by atoms with van der Waals surface area (Å²) in [6, 6.07) is 11.4. The van der Waals surface area contributed by atoms with Gasteiger partial charge < -0.3 is 14.7 Å². The van der Waals surface area contributed by atoms with Crippen molar-refractivity contribution in [2.24, 2.45) is 0 Å². The number of fused-ring (bicyclic) bond motifs is 3. The molecule has 196 valence electrons. The smallest absolute Gasteiger partial charge is 0.416 e. The summed E-state index contributed by atoms with van der Waals surface area (Å²) >= 11 is 7.55. The van der Waals surface area contributed by atoms with Gasteiger partial charge in [0.15, 0.2) is 5.69 Å². The summed E-state index contributed by atoms with van der Waals surface area (Å²) in [5.74, 6) is -1.56. The molecule has 2 aromatic carbocycles. The normalized spacial score (nSPS) is 12.1. The van der Waals surface area contributed by atoms with Gasteiger partial charge >= 0.3 is 17.8 Å². The third kappa shape index (κ3) is 3.99. The minimum absolute atomic E-state index is 0.0522. The third-order valence-electron chi connectivity index (χ3n) is 6.41. The maximum atomic E-state index is 13.7. The lowest BCUT2D eigenvalue weighted by Gasteiger charge is -2.12. The Kier molecular flexibility index (Phi) is 5.63. The molecule has 6 aromatic rings. The predicted octanol–water partition coefficient (Wildman–Crippen LogP) is 5.66. The Morgan fingerprint density at radius 3 is 2.59 bits per heavy atom. The second-order valence-corrected chi connectivity index (χ2v) is 9.82. The largest absolute Gasteiger partial charge is 0.477 e. The van der Waals surface area contributed by atoms with Crippen LogP contribution in [0.25, 0.3) is 38.4 Å². The van der Waals surface area contributed by atoms with E-state index in [4.69, 9.17) is 11.6 Å². The van der Waals surface area contributed by atoms with Gasteiger partial charge in [-0.25, -0.2) is 19.1 Å². The minimum atomic E-state index is -4.77. The van der Waals surface area contributed by atoms with Crippen molar-refractivity contribution in [1.82, 2.24) is 19.1 Å². The number of nitrogens with one attached hydrogen (secondary N) is 1. The number of hydrogen-bond acceptors (Lipinski definition) is 5. The number of pyridine rings is 1. The number of carbonyl (C=O) groups is 1. The summed E-state index contributed by atoms with van der Waals surface area (Å²) in [4.78, 5) is 46.0. The number of hydrogen-bond donors (Lipinski definition) is 2. The molecule has 0 saturated carbocycles. The first-order valence-electron chi connectivity index (χ1n) is 11.3. The number of H-pyrrole nitrogens is 1. The molecule has 2 N–H and O–H groups in total. The summed E-state index contributed by atoms with van der Waals surface area (Å²) in [6.45, 7) is -0.215. The van der Waals surface area contributed by atoms with E-state index in [1.807, 2.05) is 0 Å². The van der Waals surface area contributed by atoms with Gasteiger partial charge in [0, 0.05) is 27.1 Å². The average Bonchev–Trinajstić information content (AvgIpc) is 3.47. The quantitative estimate of drug-likeness (QED) is 0.266. The zero-order valence-electron chi connectivity index (χ0n) is 19.4. The van der Waals surface area contributed by atoms with E-state index in [1.165, 1.54) is 15.3 Å². The highest BCUT2D eigenvalue weighted by Crippen LogP contribution is 2.36. The topological polar surface area (TPSA) is 110 Å². The van der Waals surface area contributed by atoms with Crippen molar-refractivity contribution in [2.75, 3.05) is 0 Å². The molecule has 39 heavy (non-hydrogen) atoms. The number of aromatic nitrogens is 4. The Labute approximate surface area is 224 Å². The number of rotatable bonds is 4. The first-order chi connectivity index (χ1) is 18.5. The van der Waals surface area contributed by atoms with Gasteiger partial charge in [0.25, 0.3) is 5.56 Å². The van der Waals surface area contributed by atoms with Crippen LogP contribution in [-0.2, 0) is 12.7 Å². The molecule has 0 amide bonds. The van der Waals surface area contributed by atoms with Gasteiger partial charge in [0.1, 0.15) is 5.15 Å². The van der Waals surface area contributed by atoms with E-state index in [0.717, 1.165) is 29.5 Å². The van der Waals surface area contributed by atoms with Gasteiger partial charge in [0.2, 0.25) is 0 Å². The van der Waals surface area contributed by atoms with Crippen molar-refractivity contribution < 1.29 is 23.1 Å². The van der Waals surface area contributed by atoms with Crippen LogP contribution in [0, 0.1) is 0 Å². The van der Waals surface area contributed by atoms with Crippen molar-refractivity contribution >= 4 is 61.6 Å². The molecule has 0 atom stereocenters. The first-order valence-corrected chi connectivity index (χ1v) is 12.6. The van der Waals surface area contributed by atoms with Crippen LogP contribution in [0.2, 0.25) is 5.15 Å². The lowest BCUT2D eigenvalue weighted by Crippen LogP contribution is -2.34. The summed E-state index contributed by atoms with van der Waals surface area (Å²) in [5.41, 5.74) is -2.70. The number of para-hydroxylation sites is 1. The fourth-order valence-electron chi connectivity index (χ4n) is 4.68. The lowest BCUT2D eigenvalue weighted by atomic mass is 10.1. The number of carboxylic acid groups (broad SMARTS) is 1. The predicted molar refractivity (Wildman–Crippen MR) is 141 cm³/mol. The molecule has 4 heterocycles. The van der Waals surface area contributed by atoms with E-state index in [0.29, 0.717) is 21.0 Å². The van der Waals surface area contributed by atoms with Crippen LogP contribution in [0.1, 0.15) is 21.6 Å². The fraction of sp³-hybridized carbons (Fsp3) is 0.0769. The summed E-state index contributed by atoms with van der Waals surface area (Å²) in [5, 5.41) is 13.9. The summed E-state index contributed by atoms with van der Waals surface area (Å²) in [7, 11) is 0. The molecule has 13 heteroatoms. The minimum Gasteiger partial charge on any atom is -0.477 e. The van der Waals surface area contributed by atoms with Crippen LogP contribution in [-0.4, -0.2) is 30.2 Å². The number of nitrogens with zero attached hydrogens (tertiary/aromatic N) is 3. The molecule has 6 rings (SSSR count). The van der Waals surface area contributed by atoms with Crippen LogP contribution < -0.4 is 11.2 Å². The van der Waals surface area contributed by atoms with Gasteiger partial charge in [-0.05, 0) is 30.3 Å². The average molecular weight is 571 g/mol. The maximum Gasteiger partial charge on any atom is 0.416 e. The third-order valence-corrected chi connectivity index (χ3v) is 7.48. The van der Waals surface area contributed by atoms with E-state index in [2.05, 4.69) is 9.97 Å². The van der Waals surface area contributed by atoms with Crippen molar-refractivity contribution in [3.63, 3.8) is 0 Å². The van der Waals surface area contributed by atoms with E-state index in [-0.39, 0.29) is 33.5 Å². The SMILES string of the molecule is O=C(O)c1c(-n2c(=O)[nH]c3cscc3c2=O)c2cc(C(F)(F)F)ccc2n1Cc1cc2ccccc2nc1Cl. The Balaban J connectivity index is 1.72. The number of halogens is 4. The van der Waals surface area contributed by atoms with Crippen molar-refractivity contribution in [2.45, 2.75) is 12.7 Å². The molecule has 0 bridgehead atoms. The van der Waals surface area contributed by atoms with Crippen LogP contribution in [0.4, 0.5) is 13.2 Å². The molecule has 4 aromatic heterocycles. The summed E-state index contributed by atoms with van der Waals surface area (Å²) in [6.07, 6.45) is -4.77. The molecule has 0 radical (unpaired) electrons. The Morgan fingerprint density at radius 1 is 1.08 bits per heavy atom. The summed E-state index contributed by atoms with van der Waals surface area (Å²) < 4.78 is 42.9. The Hall–Kier alpha value is -4.42. The van der Waals surface area contributed by atoms with Gasteiger partial charge in [-0.3, -0.25) is 4.79 Å². The first kappa shape index (κ1) is 24.9. The Morgan fingerprint density at radius 2 is 1.85 bits per heavy atom. The number of benzene rings is 2. The lowest BCUT2D eigenvalue weighted by molar-refractivity contribution is -0.137. The van der Waals surface area contributed by atoms with E-state index in [9.17, 15) is 32.7 Å². The molecule has 0 aliphatic carbocycles.